The van der Waals surface area contributed by atoms with E-state index >= 15 is 0 Å². The summed E-state index contributed by atoms with van der Waals surface area (Å²) < 4.78 is 45.8. The van der Waals surface area contributed by atoms with E-state index in [1.165, 1.54) is 25.5 Å². The number of rotatable bonds is 4. The number of alkyl halides is 3. The largest absolute Gasteiger partial charge is 0.437 e. The van der Waals surface area contributed by atoms with Crippen molar-refractivity contribution in [1.82, 2.24) is 19.9 Å². The van der Waals surface area contributed by atoms with Gasteiger partial charge in [-0.3, -0.25) is 20.1 Å². The number of anilines is 1. The number of aryl methyl sites for hydroxylation is 1. The molecule has 1 unspecified atom stereocenters. The molecule has 0 aliphatic rings. The Morgan fingerprint density at radius 1 is 1.18 bits per heavy atom. The average Bonchev–Trinajstić information content (AvgIpc) is 3.08. The third kappa shape index (κ3) is 3.69. The number of hydrogen-bond acceptors (Lipinski definition) is 7. The van der Waals surface area contributed by atoms with Crippen molar-refractivity contribution in [1.29, 1.82) is 0 Å². The van der Waals surface area contributed by atoms with Crippen molar-refractivity contribution in [2.45, 2.75) is 25.6 Å². The van der Waals surface area contributed by atoms with Gasteiger partial charge in [0.1, 0.15) is 11.2 Å². The molecule has 0 bridgehead atoms. The molecule has 0 spiro atoms. The topological polar surface area (TPSA) is 120 Å². The summed E-state index contributed by atoms with van der Waals surface area (Å²) in [5, 5.41) is 2.13. The van der Waals surface area contributed by atoms with Crippen LogP contribution >= 0.6 is 0 Å². The van der Waals surface area contributed by atoms with Crippen LogP contribution < -0.4 is 11.1 Å². The Hall–Kier alpha value is -3.34. The van der Waals surface area contributed by atoms with Gasteiger partial charge in [0.15, 0.2) is 11.5 Å². The van der Waals surface area contributed by atoms with Crippen LogP contribution in [0.25, 0.3) is 0 Å². The van der Waals surface area contributed by atoms with Crippen LogP contribution in [0.3, 0.4) is 0 Å². The Morgan fingerprint density at radius 3 is 2.54 bits per heavy atom. The number of carbonyl (C=O) groups is 1. The predicted molar refractivity (Wildman–Crippen MR) is 91.1 cm³/mol. The molecule has 3 heterocycles. The second kappa shape index (κ2) is 7.00. The molecule has 0 saturated carbocycles. The second-order valence-corrected chi connectivity index (χ2v) is 6.11. The first-order valence-corrected chi connectivity index (χ1v) is 7.97. The molecule has 0 aliphatic heterocycles. The van der Waals surface area contributed by atoms with Gasteiger partial charge in [0, 0.05) is 18.6 Å². The van der Waals surface area contributed by atoms with Crippen LogP contribution in [-0.4, -0.2) is 25.8 Å². The number of carbonyl (C=O) groups excluding carboxylic acids is 1. The van der Waals surface area contributed by atoms with Gasteiger partial charge in [-0.05, 0) is 25.5 Å². The number of pyridine rings is 1. The minimum Gasteiger partial charge on any atom is -0.425 e. The van der Waals surface area contributed by atoms with Gasteiger partial charge in [-0.1, -0.05) is 6.07 Å². The van der Waals surface area contributed by atoms with Gasteiger partial charge >= 0.3 is 12.2 Å². The van der Waals surface area contributed by atoms with Crippen LogP contribution in [-0.2, 0) is 11.7 Å². The van der Waals surface area contributed by atoms with Gasteiger partial charge in [0.05, 0.1) is 11.9 Å². The highest BCUT2D eigenvalue weighted by Gasteiger charge is 2.45. The standard InChI is InChI=1S/C17H15F3N6O2/c1-9-4-3-5-24-11(9)16(2,21)13-12(17(18,19)20)25-15(28-13)26-14(27)10-8-22-6-7-23-10/h3-8H,21H2,1-2H3,(H,25,26,27). The number of amides is 1. The SMILES string of the molecule is Cc1cccnc1C(C)(N)c1oc(NC(=O)c2cnccn2)nc1C(F)(F)F. The lowest BCUT2D eigenvalue weighted by Crippen LogP contribution is -2.37. The molecule has 146 valence electrons. The lowest BCUT2D eigenvalue weighted by molar-refractivity contribution is -0.142. The highest BCUT2D eigenvalue weighted by Crippen LogP contribution is 2.39. The highest BCUT2D eigenvalue weighted by atomic mass is 19.4. The number of nitrogens with one attached hydrogen (secondary N) is 1. The van der Waals surface area contributed by atoms with Gasteiger partial charge in [-0.2, -0.15) is 18.2 Å². The van der Waals surface area contributed by atoms with Crippen molar-refractivity contribution >= 4 is 11.9 Å². The Morgan fingerprint density at radius 2 is 1.93 bits per heavy atom. The fourth-order valence-corrected chi connectivity index (χ4v) is 2.63. The molecule has 0 saturated heterocycles. The number of nitrogens with two attached hydrogens (primary N) is 1. The van der Waals surface area contributed by atoms with E-state index in [9.17, 15) is 18.0 Å². The maximum absolute atomic E-state index is 13.5. The number of oxazole rings is 1. The molecular weight excluding hydrogens is 377 g/mol. The molecule has 1 amide bonds. The van der Waals surface area contributed by atoms with Crippen molar-refractivity contribution in [3.63, 3.8) is 0 Å². The van der Waals surface area contributed by atoms with Crippen LogP contribution in [0.5, 0.6) is 0 Å². The molecule has 3 N–H and O–H groups in total. The van der Waals surface area contributed by atoms with Crippen molar-refractivity contribution in [2.24, 2.45) is 5.73 Å². The highest BCUT2D eigenvalue weighted by molar-refractivity contribution is 6.01. The molecule has 0 aromatic carbocycles. The van der Waals surface area contributed by atoms with E-state index in [2.05, 4.69) is 25.3 Å². The van der Waals surface area contributed by atoms with Crippen LogP contribution in [0.2, 0.25) is 0 Å². The van der Waals surface area contributed by atoms with Gasteiger partial charge in [-0.15, -0.1) is 0 Å². The zero-order valence-corrected chi connectivity index (χ0v) is 14.8. The summed E-state index contributed by atoms with van der Waals surface area (Å²) in [5.41, 5.74) is 3.72. The summed E-state index contributed by atoms with van der Waals surface area (Å²) in [7, 11) is 0. The molecule has 28 heavy (non-hydrogen) atoms. The van der Waals surface area contributed by atoms with E-state index in [-0.39, 0.29) is 11.4 Å². The molecule has 1 atom stereocenters. The van der Waals surface area contributed by atoms with E-state index in [0.717, 1.165) is 6.20 Å². The van der Waals surface area contributed by atoms with Gasteiger partial charge in [0.25, 0.3) is 5.91 Å². The Labute approximate surface area is 157 Å². The van der Waals surface area contributed by atoms with Gasteiger partial charge in [0.2, 0.25) is 0 Å². The fourth-order valence-electron chi connectivity index (χ4n) is 2.63. The normalized spacial score (nSPS) is 13.8. The summed E-state index contributed by atoms with van der Waals surface area (Å²) in [6.45, 7) is 2.99. The maximum atomic E-state index is 13.5. The minimum atomic E-state index is -4.86. The van der Waals surface area contributed by atoms with Crippen molar-refractivity contribution in [2.75, 3.05) is 5.32 Å². The Bertz CT molecular complexity index is 1000. The summed E-state index contributed by atoms with van der Waals surface area (Å²) in [6.07, 6.45) is 0.300. The molecule has 11 heteroatoms. The van der Waals surface area contributed by atoms with Gasteiger partial charge < -0.3 is 10.2 Å². The Balaban J connectivity index is 2.04. The Kier molecular flexibility index (Phi) is 4.86. The summed E-state index contributed by atoms with van der Waals surface area (Å²) in [5.74, 6) is -1.50. The molecule has 0 aliphatic carbocycles. The predicted octanol–water partition coefficient (Wildman–Crippen LogP) is 2.66. The molecule has 0 radical (unpaired) electrons. The lowest BCUT2D eigenvalue weighted by Gasteiger charge is -2.24. The number of aromatic nitrogens is 4. The first-order valence-electron chi connectivity index (χ1n) is 7.97. The average molecular weight is 392 g/mol. The molecule has 0 fully saturated rings. The zero-order valence-electron chi connectivity index (χ0n) is 14.8. The summed E-state index contributed by atoms with van der Waals surface area (Å²) in [6, 6.07) is 2.63. The van der Waals surface area contributed by atoms with E-state index in [4.69, 9.17) is 10.2 Å². The quantitative estimate of drug-likeness (QED) is 0.700. The zero-order chi connectivity index (χ0) is 20.5. The number of hydrogen-bond donors (Lipinski definition) is 2. The van der Waals surface area contributed by atoms with Crippen molar-refractivity contribution in [3.05, 3.63) is 65.3 Å². The maximum Gasteiger partial charge on any atom is 0.437 e. The summed E-state index contributed by atoms with van der Waals surface area (Å²) >= 11 is 0. The minimum absolute atomic E-state index is 0.119. The van der Waals surface area contributed by atoms with E-state index in [1.807, 2.05) is 0 Å². The molecule has 3 aromatic heterocycles. The smallest absolute Gasteiger partial charge is 0.425 e. The molecular formula is C17H15F3N6O2. The van der Waals surface area contributed by atoms with Crippen LogP contribution in [0.15, 0.2) is 41.3 Å². The monoisotopic (exact) mass is 392 g/mol. The van der Waals surface area contributed by atoms with Crippen LogP contribution in [0.4, 0.5) is 19.2 Å². The third-order valence-corrected chi connectivity index (χ3v) is 3.89. The van der Waals surface area contributed by atoms with E-state index in [1.54, 1.807) is 19.1 Å². The van der Waals surface area contributed by atoms with E-state index in [0.29, 0.717) is 5.56 Å². The van der Waals surface area contributed by atoms with Gasteiger partial charge in [-0.25, -0.2) is 4.98 Å². The molecule has 8 nitrogen and oxygen atoms in total. The molecule has 3 aromatic rings. The van der Waals surface area contributed by atoms with Crippen LogP contribution in [0, 0.1) is 6.92 Å². The van der Waals surface area contributed by atoms with Crippen molar-refractivity contribution in [3.8, 4) is 0 Å². The lowest BCUT2D eigenvalue weighted by atomic mass is 9.91. The number of nitrogens with zero attached hydrogens (tertiary/aromatic N) is 4. The second-order valence-electron chi connectivity index (χ2n) is 6.11. The first kappa shape index (κ1) is 19.4. The third-order valence-electron chi connectivity index (χ3n) is 3.89. The fraction of sp³-hybridized carbons (Fsp3) is 0.235. The summed E-state index contributed by atoms with van der Waals surface area (Å²) in [4.78, 5) is 27.1. The van der Waals surface area contributed by atoms with Crippen molar-refractivity contribution < 1.29 is 22.4 Å². The number of halogens is 3. The first-order chi connectivity index (χ1) is 13.1. The van der Waals surface area contributed by atoms with Crippen LogP contribution in [0.1, 0.15) is 40.1 Å². The van der Waals surface area contributed by atoms with E-state index < -0.39 is 35.1 Å². The molecule has 3 rings (SSSR count).